The van der Waals surface area contributed by atoms with Gasteiger partial charge in [-0.3, -0.25) is 4.79 Å². The summed E-state index contributed by atoms with van der Waals surface area (Å²) in [4.78, 5) is 18.5. The molecule has 0 spiro atoms. The number of piperidine rings is 1. The van der Waals surface area contributed by atoms with E-state index in [2.05, 4.69) is 21.8 Å². The number of carbonyl (C=O) groups excluding carboxylic acids is 1. The third-order valence-electron chi connectivity index (χ3n) is 3.81. The topological polar surface area (TPSA) is 65.5 Å². The van der Waals surface area contributed by atoms with E-state index in [1.54, 1.807) is 12.3 Å². The van der Waals surface area contributed by atoms with Crippen LogP contribution in [-0.4, -0.2) is 35.7 Å². The molecule has 1 aliphatic rings. The van der Waals surface area contributed by atoms with Gasteiger partial charge in [0.2, 0.25) is 5.91 Å². The Labute approximate surface area is 125 Å². The molecular weight excluding hydrogens is 266 g/mol. The number of hydrogen-bond acceptors (Lipinski definition) is 4. The molecule has 1 aliphatic heterocycles. The van der Waals surface area contributed by atoms with Crippen LogP contribution in [0.1, 0.15) is 25.7 Å². The van der Waals surface area contributed by atoms with E-state index in [-0.39, 0.29) is 12.5 Å². The van der Waals surface area contributed by atoms with Crippen molar-refractivity contribution in [3.63, 3.8) is 0 Å². The minimum Gasteiger partial charge on any atom is -0.396 e. The average Bonchev–Trinajstić information content (AvgIpc) is 2.53. The SMILES string of the molecule is C=CCCC(=O)Nc1cccnc1N1CCC(CO)CC1. The summed E-state index contributed by atoms with van der Waals surface area (Å²) in [7, 11) is 0. The lowest BCUT2D eigenvalue weighted by Gasteiger charge is -2.33. The van der Waals surface area contributed by atoms with Gasteiger partial charge in [-0.15, -0.1) is 6.58 Å². The maximum atomic E-state index is 11.9. The van der Waals surface area contributed by atoms with Crippen molar-refractivity contribution in [3.05, 3.63) is 31.0 Å². The van der Waals surface area contributed by atoms with Crippen LogP contribution in [0.4, 0.5) is 11.5 Å². The van der Waals surface area contributed by atoms with Crippen LogP contribution in [0.15, 0.2) is 31.0 Å². The van der Waals surface area contributed by atoms with Crippen LogP contribution in [0, 0.1) is 5.92 Å². The lowest BCUT2D eigenvalue weighted by molar-refractivity contribution is -0.116. The van der Waals surface area contributed by atoms with Crippen molar-refractivity contribution < 1.29 is 9.90 Å². The Morgan fingerprint density at radius 2 is 2.29 bits per heavy atom. The Kier molecular flexibility index (Phi) is 5.75. The van der Waals surface area contributed by atoms with E-state index in [4.69, 9.17) is 0 Å². The number of carbonyl (C=O) groups is 1. The number of hydrogen-bond donors (Lipinski definition) is 2. The maximum Gasteiger partial charge on any atom is 0.224 e. The highest BCUT2D eigenvalue weighted by atomic mass is 16.3. The summed E-state index contributed by atoms with van der Waals surface area (Å²) in [5.74, 6) is 1.19. The molecule has 21 heavy (non-hydrogen) atoms. The molecule has 0 radical (unpaired) electrons. The third kappa shape index (κ3) is 4.29. The Bertz CT molecular complexity index is 482. The van der Waals surface area contributed by atoms with Gasteiger partial charge in [-0.05, 0) is 37.3 Å². The van der Waals surface area contributed by atoms with E-state index in [0.29, 0.717) is 18.8 Å². The van der Waals surface area contributed by atoms with Gasteiger partial charge in [-0.2, -0.15) is 0 Å². The lowest BCUT2D eigenvalue weighted by Crippen LogP contribution is -2.35. The normalized spacial score (nSPS) is 15.8. The van der Waals surface area contributed by atoms with E-state index in [0.717, 1.165) is 37.4 Å². The molecule has 1 saturated heterocycles. The van der Waals surface area contributed by atoms with Crippen molar-refractivity contribution in [2.75, 3.05) is 29.9 Å². The van der Waals surface area contributed by atoms with E-state index in [9.17, 15) is 9.90 Å². The minimum atomic E-state index is -0.0191. The summed E-state index contributed by atoms with van der Waals surface area (Å²) in [6.07, 6.45) is 6.50. The molecule has 0 aromatic carbocycles. The summed E-state index contributed by atoms with van der Waals surface area (Å²) >= 11 is 0. The van der Waals surface area contributed by atoms with Crippen molar-refractivity contribution in [2.24, 2.45) is 5.92 Å². The van der Waals surface area contributed by atoms with E-state index >= 15 is 0 Å². The second-order valence-corrected chi connectivity index (χ2v) is 5.36. The zero-order valence-corrected chi connectivity index (χ0v) is 12.3. The van der Waals surface area contributed by atoms with Gasteiger partial charge >= 0.3 is 0 Å². The van der Waals surface area contributed by atoms with E-state index in [1.165, 1.54) is 0 Å². The molecule has 1 aromatic heterocycles. The molecule has 0 unspecified atom stereocenters. The molecule has 1 amide bonds. The Hall–Kier alpha value is -1.88. The van der Waals surface area contributed by atoms with E-state index < -0.39 is 0 Å². The monoisotopic (exact) mass is 289 g/mol. The number of rotatable bonds is 6. The fourth-order valence-electron chi connectivity index (χ4n) is 2.52. The highest BCUT2D eigenvalue weighted by Gasteiger charge is 2.21. The molecule has 114 valence electrons. The highest BCUT2D eigenvalue weighted by molar-refractivity contribution is 5.93. The van der Waals surface area contributed by atoms with Gasteiger partial charge in [-0.25, -0.2) is 4.98 Å². The molecular formula is C16H23N3O2. The fraction of sp³-hybridized carbons (Fsp3) is 0.500. The second-order valence-electron chi connectivity index (χ2n) is 5.36. The van der Waals surface area contributed by atoms with Crippen LogP contribution in [0.5, 0.6) is 0 Å². The standard InChI is InChI=1S/C16H23N3O2/c1-2-3-6-15(21)18-14-5-4-9-17-16(14)19-10-7-13(12-20)8-11-19/h2,4-5,9,13,20H,1,3,6-8,10-12H2,(H,18,21). The lowest BCUT2D eigenvalue weighted by atomic mass is 9.98. The fourth-order valence-corrected chi connectivity index (χ4v) is 2.52. The number of nitrogens with one attached hydrogen (secondary N) is 1. The summed E-state index contributed by atoms with van der Waals surface area (Å²) in [6.45, 7) is 5.59. The highest BCUT2D eigenvalue weighted by Crippen LogP contribution is 2.27. The Balaban J connectivity index is 2.03. The predicted molar refractivity (Wildman–Crippen MR) is 84.3 cm³/mol. The number of aromatic nitrogens is 1. The molecule has 1 fully saturated rings. The van der Waals surface area contributed by atoms with Gasteiger partial charge in [0.15, 0.2) is 5.82 Å². The minimum absolute atomic E-state index is 0.0191. The van der Waals surface area contributed by atoms with Gasteiger partial charge in [-0.1, -0.05) is 6.08 Å². The first-order valence-electron chi connectivity index (χ1n) is 7.46. The zero-order chi connectivity index (χ0) is 15.1. The number of nitrogens with zero attached hydrogens (tertiary/aromatic N) is 2. The number of pyridine rings is 1. The van der Waals surface area contributed by atoms with E-state index in [1.807, 2.05) is 12.1 Å². The van der Waals surface area contributed by atoms with Crippen LogP contribution in [0.2, 0.25) is 0 Å². The van der Waals surface area contributed by atoms with Crippen molar-refractivity contribution in [1.82, 2.24) is 4.98 Å². The number of amides is 1. The molecule has 2 N–H and O–H groups in total. The first-order chi connectivity index (χ1) is 10.2. The molecule has 0 bridgehead atoms. The quantitative estimate of drug-likeness (QED) is 0.788. The Morgan fingerprint density at radius 3 is 2.95 bits per heavy atom. The first kappa shape index (κ1) is 15.5. The predicted octanol–water partition coefficient (Wildman–Crippen LogP) is 2.20. The van der Waals surface area contributed by atoms with Crippen molar-refractivity contribution >= 4 is 17.4 Å². The van der Waals surface area contributed by atoms with Gasteiger partial charge in [0, 0.05) is 32.3 Å². The first-order valence-corrected chi connectivity index (χ1v) is 7.46. The number of allylic oxidation sites excluding steroid dienone is 1. The number of aliphatic hydroxyl groups is 1. The van der Waals surface area contributed by atoms with Crippen LogP contribution in [0.25, 0.3) is 0 Å². The molecule has 0 aliphatic carbocycles. The molecule has 1 aromatic rings. The molecule has 5 nitrogen and oxygen atoms in total. The van der Waals surface area contributed by atoms with Gasteiger partial charge in [0.05, 0.1) is 5.69 Å². The van der Waals surface area contributed by atoms with Crippen molar-refractivity contribution in [1.29, 1.82) is 0 Å². The maximum absolute atomic E-state index is 11.9. The van der Waals surface area contributed by atoms with Crippen LogP contribution in [0.3, 0.4) is 0 Å². The van der Waals surface area contributed by atoms with Gasteiger partial charge in [0.25, 0.3) is 0 Å². The van der Waals surface area contributed by atoms with Gasteiger partial charge in [0.1, 0.15) is 0 Å². The summed E-state index contributed by atoms with van der Waals surface area (Å²) < 4.78 is 0. The molecule has 0 atom stereocenters. The molecule has 2 rings (SSSR count). The second kappa shape index (κ2) is 7.78. The smallest absolute Gasteiger partial charge is 0.224 e. The van der Waals surface area contributed by atoms with Gasteiger partial charge < -0.3 is 15.3 Å². The van der Waals surface area contributed by atoms with Crippen LogP contribution >= 0.6 is 0 Å². The largest absolute Gasteiger partial charge is 0.396 e. The third-order valence-corrected chi connectivity index (χ3v) is 3.81. The van der Waals surface area contributed by atoms with Crippen LogP contribution in [-0.2, 0) is 4.79 Å². The zero-order valence-electron chi connectivity index (χ0n) is 12.3. The average molecular weight is 289 g/mol. The molecule has 0 saturated carbocycles. The summed E-state index contributed by atoms with van der Waals surface area (Å²) in [5.41, 5.74) is 0.758. The number of anilines is 2. The molecule has 2 heterocycles. The Morgan fingerprint density at radius 1 is 1.52 bits per heavy atom. The number of aliphatic hydroxyl groups excluding tert-OH is 1. The van der Waals surface area contributed by atoms with Crippen molar-refractivity contribution in [2.45, 2.75) is 25.7 Å². The van der Waals surface area contributed by atoms with Crippen LogP contribution < -0.4 is 10.2 Å². The molecule has 5 heteroatoms. The van der Waals surface area contributed by atoms with Crippen molar-refractivity contribution in [3.8, 4) is 0 Å². The summed E-state index contributed by atoms with van der Waals surface area (Å²) in [6, 6.07) is 3.71. The summed E-state index contributed by atoms with van der Waals surface area (Å²) in [5, 5.41) is 12.1.